The van der Waals surface area contributed by atoms with Gasteiger partial charge in [0.2, 0.25) is 5.82 Å². The highest BCUT2D eigenvalue weighted by Crippen LogP contribution is 2.33. The lowest BCUT2D eigenvalue weighted by atomic mass is 10.1. The first-order valence-electron chi connectivity index (χ1n) is 5.03. The number of H-pyrrole nitrogens is 1. The molecule has 0 aliphatic heterocycles. The van der Waals surface area contributed by atoms with Crippen molar-refractivity contribution in [1.82, 2.24) is 15.1 Å². The van der Waals surface area contributed by atoms with Gasteiger partial charge >= 0.3 is 11.9 Å². The van der Waals surface area contributed by atoms with Crippen LogP contribution in [0, 0.1) is 0 Å². The Bertz CT molecular complexity index is 744. The van der Waals surface area contributed by atoms with Gasteiger partial charge in [-0.1, -0.05) is 5.16 Å². The number of hydrogen-bond donors (Lipinski definition) is 3. The summed E-state index contributed by atoms with van der Waals surface area (Å²) < 4.78 is 4.55. The first-order chi connectivity index (χ1) is 8.66. The van der Waals surface area contributed by atoms with Gasteiger partial charge in [0.05, 0.1) is 5.56 Å². The zero-order valence-corrected chi connectivity index (χ0v) is 8.91. The standard InChI is InChI=1S/C11H7N3O4/c15-8-5-3-4-12-7(5)2-1-6(8)9-13-10(11(16)17)18-14-9/h1-4,12,15H,(H,16,17). The molecular weight excluding hydrogens is 238 g/mol. The summed E-state index contributed by atoms with van der Waals surface area (Å²) in [6.45, 7) is 0. The van der Waals surface area contributed by atoms with Crippen LogP contribution in [-0.4, -0.2) is 31.3 Å². The molecule has 3 aromatic rings. The maximum atomic E-state index is 10.6. The number of aromatic carboxylic acids is 1. The van der Waals surface area contributed by atoms with E-state index in [9.17, 15) is 9.90 Å². The molecule has 7 heteroatoms. The van der Waals surface area contributed by atoms with Crippen LogP contribution in [0.2, 0.25) is 0 Å². The molecule has 2 aromatic heterocycles. The highest BCUT2D eigenvalue weighted by molar-refractivity contribution is 5.92. The number of carboxylic acids is 1. The number of aromatic amines is 1. The molecule has 0 atom stereocenters. The Morgan fingerprint density at radius 1 is 1.33 bits per heavy atom. The third kappa shape index (κ3) is 1.41. The molecule has 0 radical (unpaired) electrons. The number of aromatic hydroxyl groups is 1. The Labute approximate surface area is 99.7 Å². The molecule has 0 saturated heterocycles. The number of aromatic nitrogens is 3. The van der Waals surface area contributed by atoms with Crippen molar-refractivity contribution in [3.8, 4) is 17.1 Å². The van der Waals surface area contributed by atoms with Crippen LogP contribution >= 0.6 is 0 Å². The van der Waals surface area contributed by atoms with Crippen molar-refractivity contribution in [2.45, 2.75) is 0 Å². The molecule has 0 unspecified atom stereocenters. The fraction of sp³-hybridized carbons (Fsp3) is 0. The SMILES string of the molecule is O=C(O)c1nc(-c2ccc3[nH]ccc3c2O)no1. The van der Waals surface area contributed by atoms with E-state index in [1.807, 2.05) is 0 Å². The van der Waals surface area contributed by atoms with Crippen molar-refractivity contribution in [2.24, 2.45) is 0 Å². The zero-order valence-electron chi connectivity index (χ0n) is 8.91. The normalized spacial score (nSPS) is 10.9. The molecule has 0 amide bonds. The van der Waals surface area contributed by atoms with Crippen molar-refractivity contribution < 1.29 is 19.5 Å². The summed E-state index contributed by atoms with van der Waals surface area (Å²) in [7, 11) is 0. The van der Waals surface area contributed by atoms with Crippen LogP contribution in [0.4, 0.5) is 0 Å². The van der Waals surface area contributed by atoms with Crippen LogP contribution in [-0.2, 0) is 0 Å². The molecule has 3 N–H and O–H groups in total. The quantitative estimate of drug-likeness (QED) is 0.632. The van der Waals surface area contributed by atoms with Gasteiger partial charge in [0.1, 0.15) is 5.75 Å². The minimum Gasteiger partial charge on any atom is -0.506 e. The summed E-state index contributed by atoms with van der Waals surface area (Å²) in [4.78, 5) is 17.3. The van der Waals surface area contributed by atoms with Gasteiger partial charge in [0.25, 0.3) is 0 Å². The van der Waals surface area contributed by atoms with Crippen molar-refractivity contribution in [3.05, 3.63) is 30.3 Å². The van der Waals surface area contributed by atoms with Gasteiger partial charge in [-0.05, 0) is 18.2 Å². The van der Waals surface area contributed by atoms with Crippen molar-refractivity contribution >= 4 is 16.9 Å². The molecule has 0 saturated carbocycles. The number of benzene rings is 1. The number of fused-ring (bicyclic) bond motifs is 1. The highest BCUT2D eigenvalue weighted by Gasteiger charge is 2.18. The molecule has 0 fully saturated rings. The third-order valence-corrected chi connectivity index (χ3v) is 2.56. The topological polar surface area (TPSA) is 112 Å². The van der Waals surface area contributed by atoms with Gasteiger partial charge in [-0.3, -0.25) is 0 Å². The summed E-state index contributed by atoms with van der Waals surface area (Å²) in [5.74, 6) is -1.81. The molecule has 18 heavy (non-hydrogen) atoms. The summed E-state index contributed by atoms with van der Waals surface area (Å²) >= 11 is 0. The van der Waals surface area contributed by atoms with Crippen LogP contribution in [0.5, 0.6) is 5.75 Å². The lowest BCUT2D eigenvalue weighted by Gasteiger charge is -2.00. The number of nitrogens with one attached hydrogen (secondary N) is 1. The molecule has 0 bridgehead atoms. The van der Waals surface area contributed by atoms with Crippen molar-refractivity contribution in [3.63, 3.8) is 0 Å². The molecule has 2 heterocycles. The summed E-state index contributed by atoms with van der Waals surface area (Å²) in [6, 6.07) is 5.03. The summed E-state index contributed by atoms with van der Waals surface area (Å²) in [5, 5.41) is 22.9. The van der Waals surface area contributed by atoms with Crippen molar-refractivity contribution in [1.29, 1.82) is 0 Å². The fourth-order valence-electron chi connectivity index (χ4n) is 1.72. The van der Waals surface area contributed by atoms with Gasteiger partial charge in [0, 0.05) is 17.1 Å². The number of carboxylic acid groups (broad SMARTS) is 1. The third-order valence-electron chi connectivity index (χ3n) is 2.56. The molecule has 0 spiro atoms. The number of rotatable bonds is 2. The second kappa shape index (κ2) is 3.59. The van der Waals surface area contributed by atoms with E-state index in [4.69, 9.17) is 5.11 Å². The molecule has 7 nitrogen and oxygen atoms in total. The first kappa shape index (κ1) is 10.3. The monoisotopic (exact) mass is 245 g/mol. The van der Waals surface area contributed by atoms with Crippen LogP contribution in [0.1, 0.15) is 10.7 Å². The average molecular weight is 245 g/mol. The number of nitrogens with zero attached hydrogens (tertiary/aromatic N) is 2. The smallest absolute Gasteiger partial charge is 0.394 e. The predicted molar refractivity (Wildman–Crippen MR) is 60.2 cm³/mol. The van der Waals surface area contributed by atoms with Gasteiger partial charge in [-0.2, -0.15) is 4.98 Å². The Hall–Kier alpha value is -2.83. The van der Waals surface area contributed by atoms with E-state index in [1.54, 1.807) is 24.4 Å². The van der Waals surface area contributed by atoms with E-state index < -0.39 is 11.9 Å². The second-order valence-corrected chi connectivity index (χ2v) is 3.63. The minimum atomic E-state index is -1.31. The molecular formula is C11H7N3O4. The maximum Gasteiger partial charge on any atom is 0.394 e. The number of hydrogen-bond acceptors (Lipinski definition) is 5. The maximum absolute atomic E-state index is 10.6. The molecule has 0 aliphatic rings. The van der Waals surface area contributed by atoms with Crippen LogP contribution in [0.25, 0.3) is 22.3 Å². The molecule has 90 valence electrons. The van der Waals surface area contributed by atoms with E-state index in [1.165, 1.54) is 0 Å². The van der Waals surface area contributed by atoms with E-state index >= 15 is 0 Å². The van der Waals surface area contributed by atoms with Gasteiger partial charge in [-0.25, -0.2) is 4.79 Å². The largest absolute Gasteiger partial charge is 0.506 e. The lowest BCUT2D eigenvalue weighted by molar-refractivity contribution is 0.0643. The van der Waals surface area contributed by atoms with E-state index in [-0.39, 0.29) is 11.6 Å². The fourth-order valence-corrected chi connectivity index (χ4v) is 1.72. The number of phenols is 1. The van der Waals surface area contributed by atoms with Gasteiger partial charge in [-0.15, -0.1) is 0 Å². The number of carbonyl (C=O) groups is 1. The van der Waals surface area contributed by atoms with E-state index in [2.05, 4.69) is 19.6 Å². The van der Waals surface area contributed by atoms with Crippen LogP contribution in [0.3, 0.4) is 0 Å². The Morgan fingerprint density at radius 3 is 2.89 bits per heavy atom. The Kier molecular flexibility index (Phi) is 2.06. The predicted octanol–water partition coefficient (Wildman–Crippen LogP) is 1.62. The molecule has 1 aromatic carbocycles. The van der Waals surface area contributed by atoms with Crippen molar-refractivity contribution in [2.75, 3.05) is 0 Å². The van der Waals surface area contributed by atoms with Crippen LogP contribution < -0.4 is 0 Å². The van der Waals surface area contributed by atoms with Crippen LogP contribution in [0.15, 0.2) is 28.9 Å². The summed E-state index contributed by atoms with van der Waals surface area (Å²) in [5.41, 5.74) is 1.08. The Balaban J connectivity index is 2.18. The minimum absolute atomic E-state index is 0.0218. The summed E-state index contributed by atoms with van der Waals surface area (Å²) in [6.07, 6.45) is 1.69. The van der Waals surface area contributed by atoms with Gasteiger partial charge in [0.15, 0.2) is 0 Å². The molecule has 0 aliphatic carbocycles. The average Bonchev–Trinajstić information content (AvgIpc) is 2.97. The lowest BCUT2D eigenvalue weighted by Crippen LogP contribution is -1.95. The van der Waals surface area contributed by atoms with E-state index in [0.717, 1.165) is 5.52 Å². The van der Waals surface area contributed by atoms with E-state index in [0.29, 0.717) is 10.9 Å². The Morgan fingerprint density at radius 2 is 2.17 bits per heavy atom. The first-order valence-corrected chi connectivity index (χ1v) is 5.03. The number of phenolic OH excluding ortho intramolecular Hbond substituents is 1. The van der Waals surface area contributed by atoms with Gasteiger partial charge < -0.3 is 19.7 Å². The molecule has 3 rings (SSSR count). The zero-order chi connectivity index (χ0) is 12.7. The highest BCUT2D eigenvalue weighted by atomic mass is 16.5. The second-order valence-electron chi connectivity index (χ2n) is 3.63.